The number of nitrogens with zero attached hydrogens (tertiary/aromatic N) is 3. The number of carbonyl (C=O) groups is 1. The van der Waals surface area contributed by atoms with Gasteiger partial charge in [-0.05, 0) is 55.2 Å². The number of hydrogen-bond donors (Lipinski definition) is 3. The lowest BCUT2D eigenvalue weighted by Crippen LogP contribution is -2.41. The number of benzene rings is 1. The van der Waals surface area contributed by atoms with Crippen molar-refractivity contribution < 1.29 is 14.6 Å². The first-order valence-electron chi connectivity index (χ1n) is 13.9. The highest BCUT2D eigenvalue weighted by atomic mass is 16.5. The number of nitrogens with two attached hydrogens (primary N) is 1. The van der Waals surface area contributed by atoms with Gasteiger partial charge in [0.1, 0.15) is 5.82 Å². The Morgan fingerprint density at radius 3 is 2.57 bits per heavy atom. The minimum Gasteiger partial charge on any atom is -0.393 e. The SMILES string of the molecule is Nc1ncc(-c2ccc([C@@]34C[C@@H]3CN(CCN3CCOCC3)C4)cc2)cc1C(=O)N[C@H]1CC[C@H](O)CC1. The average Bonchev–Trinajstić information content (AvgIpc) is 3.50. The monoisotopic (exact) mass is 505 g/mol. The van der Waals surface area contributed by atoms with Crippen molar-refractivity contribution in [3.63, 3.8) is 0 Å². The van der Waals surface area contributed by atoms with E-state index in [1.165, 1.54) is 18.5 Å². The van der Waals surface area contributed by atoms with Gasteiger partial charge < -0.3 is 25.8 Å². The standard InChI is InChI=1S/C29H39N5O3/c30-27-26(28(36)32-24-5-7-25(35)8-6-24)15-21(17-31-27)20-1-3-22(4-2-20)29-16-23(29)18-34(19-29)10-9-33-11-13-37-14-12-33/h1-4,15,17,23-25,35H,5-14,16,18-19H2,(H2,30,31)(H,32,36)/t23-,24-,25-,29+/m1/s1. The Labute approximate surface area is 219 Å². The third-order valence-corrected chi connectivity index (χ3v) is 9.04. The smallest absolute Gasteiger partial charge is 0.255 e. The topological polar surface area (TPSA) is 104 Å². The number of likely N-dealkylation sites (tertiary alicyclic amines) is 1. The number of fused-ring (bicyclic) bond motifs is 1. The summed E-state index contributed by atoms with van der Waals surface area (Å²) in [5.74, 6) is 0.821. The molecule has 0 unspecified atom stereocenters. The van der Waals surface area contributed by atoms with Crippen LogP contribution in [0, 0.1) is 5.92 Å². The van der Waals surface area contributed by atoms with Crippen LogP contribution in [0.25, 0.3) is 11.1 Å². The first-order valence-corrected chi connectivity index (χ1v) is 13.9. The molecular formula is C29H39N5O3. The molecule has 2 aliphatic carbocycles. The lowest BCUT2D eigenvalue weighted by atomic mass is 9.92. The van der Waals surface area contributed by atoms with Crippen LogP contribution in [-0.2, 0) is 10.2 Å². The second-order valence-corrected chi connectivity index (χ2v) is 11.5. The van der Waals surface area contributed by atoms with Crippen LogP contribution in [0.2, 0.25) is 0 Å². The third kappa shape index (κ3) is 5.25. The van der Waals surface area contributed by atoms with Gasteiger partial charge >= 0.3 is 0 Å². The second kappa shape index (κ2) is 10.3. The van der Waals surface area contributed by atoms with Crippen LogP contribution in [0.4, 0.5) is 5.82 Å². The summed E-state index contributed by atoms with van der Waals surface area (Å²) in [6.07, 6.45) is 5.80. The normalized spacial score (nSPS) is 30.1. The van der Waals surface area contributed by atoms with Crippen LogP contribution in [0.15, 0.2) is 36.5 Å². The van der Waals surface area contributed by atoms with Crippen molar-refractivity contribution in [1.29, 1.82) is 0 Å². The molecule has 6 rings (SSSR count). The predicted molar refractivity (Wildman–Crippen MR) is 143 cm³/mol. The maximum Gasteiger partial charge on any atom is 0.255 e. The van der Waals surface area contributed by atoms with E-state index in [1.54, 1.807) is 6.20 Å². The molecular weight excluding hydrogens is 466 g/mol. The van der Waals surface area contributed by atoms with E-state index in [1.807, 2.05) is 6.07 Å². The molecule has 2 aliphatic heterocycles. The largest absolute Gasteiger partial charge is 0.393 e. The number of piperidine rings is 1. The maximum absolute atomic E-state index is 13.0. The average molecular weight is 506 g/mol. The Morgan fingerprint density at radius 1 is 1.08 bits per heavy atom. The summed E-state index contributed by atoms with van der Waals surface area (Å²) < 4.78 is 5.48. The van der Waals surface area contributed by atoms with Crippen LogP contribution in [0.1, 0.15) is 48.0 Å². The van der Waals surface area contributed by atoms with Gasteiger partial charge in [0, 0.05) is 62.5 Å². The molecule has 2 saturated heterocycles. The third-order valence-electron chi connectivity index (χ3n) is 9.04. The van der Waals surface area contributed by atoms with Gasteiger partial charge in [-0.3, -0.25) is 9.69 Å². The molecule has 2 aromatic rings. The number of amides is 1. The van der Waals surface area contributed by atoms with Crippen LogP contribution >= 0.6 is 0 Å². The minimum absolute atomic E-state index is 0.0730. The van der Waals surface area contributed by atoms with E-state index in [9.17, 15) is 9.90 Å². The van der Waals surface area contributed by atoms with Crippen molar-refractivity contribution >= 4 is 11.7 Å². The van der Waals surface area contributed by atoms with Gasteiger partial charge in [-0.2, -0.15) is 0 Å². The maximum atomic E-state index is 13.0. The number of aromatic nitrogens is 1. The highest BCUT2D eigenvalue weighted by Gasteiger charge is 2.60. The minimum atomic E-state index is -0.251. The molecule has 1 aromatic carbocycles. The van der Waals surface area contributed by atoms with Crippen LogP contribution in [0.5, 0.6) is 0 Å². The van der Waals surface area contributed by atoms with Gasteiger partial charge in [-0.25, -0.2) is 4.98 Å². The number of pyridine rings is 1. The van der Waals surface area contributed by atoms with Crippen molar-refractivity contribution in [1.82, 2.24) is 20.1 Å². The Morgan fingerprint density at radius 2 is 1.81 bits per heavy atom. The molecule has 2 saturated carbocycles. The summed E-state index contributed by atoms with van der Waals surface area (Å²) in [6, 6.07) is 10.8. The highest BCUT2D eigenvalue weighted by molar-refractivity contribution is 5.99. The first kappa shape index (κ1) is 24.8. The van der Waals surface area contributed by atoms with Crippen molar-refractivity contribution in [2.75, 3.05) is 58.2 Å². The van der Waals surface area contributed by atoms with Crippen molar-refractivity contribution in [3.05, 3.63) is 47.7 Å². The number of nitrogens with one attached hydrogen (secondary N) is 1. The molecule has 4 N–H and O–H groups in total. The van der Waals surface area contributed by atoms with E-state index >= 15 is 0 Å². The van der Waals surface area contributed by atoms with E-state index in [0.29, 0.717) is 11.0 Å². The summed E-state index contributed by atoms with van der Waals surface area (Å²) >= 11 is 0. The molecule has 3 heterocycles. The number of nitrogen functional groups attached to an aromatic ring is 1. The summed E-state index contributed by atoms with van der Waals surface area (Å²) in [6.45, 7) is 8.45. The summed E-state index contributed by atoms with van der Waals surface area (Å²) in [5.41, 5.74) is 10.2. The molecule has 1 aromatic heterocycles. The molecule has 198 valence electrons. The summed E-state index contributed by atoms with van der Waals surface area (Å²) in [7, 11) is 0. The fourth-order valence-corrected chi connectivity index (χ4v) is 6.60. The first-order chi connectivity index (χ1) is 18.0. The second-order valence-electron chi connectivity index (χ2n) is 11.5. The zero-order valence-corrected chi connectivity index (χ0v) is 21.6. The van der Waals surface area contributed by atoms with Crippen molar-refractivity contribution in [2.45, 2.75) is 49.7 Å². The molecule has 37 heavy (non-hydrogen) atoms. The van der Waals surface area contributed by atoms with Crippen LogP contribution in [-0.4, -0.2) is 90.4 Å². The molecule has 8 nitrogen and oxygen atoms in total. The fraction of sp³-hybridized carbons (Fsp3) is 0.586. The van der Waals surface area contributed by atoms with E-state index in [-0.39, 0.29) is 23.9 Å². The van der Waals surface area contributed by atoms with E-state index in [4.69, 9.17) is 10.5 Å². The molecule has 4 fully saturated rings. The van der Waals surface area contributed by atoms with Gasteiger partial charge in [0.05, 0.1) is 24.9 Å². The fourth-order valence-electron chi connectivity index (χ4n) is 6.60. The van der Waals surface area contributed by atoms with Gasteiger partial charge in [0.15, 0.2) is 0 Å². The van der Waals surface area contributed by atoms with E-state index in [2.05, 4.69) is 44.4 Å². The number of rotatable bonds is 7. The van der Waals surface area contributed by atoms with Crippen LogP contribution in [0.3, 0.4) is 0 Å². The van der Waals surface area contributed by atoms with Gasteiger partial charge in [-0.15, -0.1) is 0 Å². The number of aliphatic hydroxyl groups excluding tert-OH is 1. The molecule has 2 atom stereocenters. The summed E-state index contributed by atoms with van der Waals surface area (Å²) in [5, 5.41) is 12.8. The highest BCUT2D eigenvalue weighted by Crippen LogP contribution is 2.59. The lowest BCUT2D eigenvalue weighted by molar-refractivity contribution is 0.0338. The number of hydrogen-bond acceptors (Lipinski definition) is 7. The molecule has 4 aliphatic rings. The van der Waals surface area contributed by atoms with Crippen molar-refractivity contribution in [2.24, 2.45) is 5.92 Å². The number of carbonyl (C=O) groups excluding carboxylic acids is 1. The zero-order chi connectivity index (χ0) is 25.4. The number of ether oxygens (including phenoxy) is 1. The quantitative estimate of drug-likeness (QED) is 0.530. The molecule has 0 radical (unpaired) electrons. The van der Waals surface area contributed by atoms with Gasteiger partial charge in [0.25, 0.3) is 5.91 Å². The Balaban J connectivity index is 1.09. The molecule has 0 bridgehead atoms. The Kier molecular flexibility index (Phi) is 6.92. The van der Waals surface area contributed by atoms with Gasteiger partial charge in [0.2, 0.25) is 0 Å². The number of aliphatic hydroxyl groups is 1. The van der Waals surface area contributed by atoms with Crippen LogP contribution < -0.4 is 11.1 Å². The number of morpholine rings is 1. The molecule has 8 heteroatoms. The molecule has 1 amide bonds. The Hall–Kier alpha value is -2.52. The Bertz CT molecular complexity index is 1110. The van der Waals surface area contributed by atoms with E-state index in [0.717, 1.165) is 88.7 Å². The molecule has 0 spiro atoms. The lowest BCUT2D eigenvalue weighted by Gasteiger charge is -2.29. The van der Waals surface area contributed by atoms with Gasteiger partial charge in [-0.1, -0.05) is 24.3 Å². The zero-order valence-electron chi connectivity index (χ0n) is 21.6. The van der Waals surface area contributed by atoms with E-state index < -0.39 is 0 Å². The predicted octanol–water partition coefficient (Wildman–Crippen LogP) is 2.27. The number of anilines is 1. The summed E-state index contributed by atoms with van der Waals surface area (Å²) in [4.78, 5) is 22.4. The van der Waals surface area contributed by atoms with Crippen molar-refractivity contribution in [3.8, 4) is 11.1 Å².